The van der Waals surface area contributed by atoms with E-state index in [4.69, 9.17) is 0 Å². The minimum atomic E-state index is -0.342. The zero-order valence-corrected chi connectivity index (χ0v) is 14.9. The number of amides is 2. The van der Waals surface area contributed by atoms with Gasteiger partial charge in [0.05, 0.1) is 5.56 Å². The van der Waals surface area contributed by atoms with Crippen LogP contribution in [0.15, 0.2) is 28.7 Å². The van der Waals surface area contributed by atoms with Gasteiger partial charge in [-0.05, 0) is 40.9 Å². The maximum absolute atomic E-state index is 12.3. The van der Waals surface area contributed by atoms with Crippen molar-refractivity contribution in [2.75, 3.05) is 13.1 Å². The highest BCUT2D eigenvalue weighted by Gasteiger charge is 2.30. The van der Waals surface area contributed by atoms with Gasteiger partial charge < -0.3 is 10.2 Å². The van der Waals surface area contributed by atoms with E-state index in [2.05, 4.69) is 21.2 Å². The topological polar surface area (TPSA) is 49.4 Å². The molecule has 2 rings (SSSR count). The number of carbonyl (C=O) groups is 2. The Labute approximate surface area is 140 Å². The van der Waals surface area contributed by atoms with Gasteiger partial charge in [0, 0.05) is 29.0 Å². The minimum Gasteiger partial charge on any atom is -0.349 e. The summed E-state index contributed by atoms with van der Waals surface area (Å²) in [6, 6.07) is 7.53. The minimum absolute atomic E-state index is 0.0620. The summed E-state index contributed by atoms with van der Waals surface area (Å²) >= 11 is 3.40. The standard InChI is InChI=1S/C17H23BrN2O2/c1-17(2,3)16(22)20-10-8-12(9-11-20)19-15(21)13-6-4-5-7-14(13)18/h4-7,12H,8-11H2,1-3H3,(H,19,21). The predicted molar refractivity (Wildman–Crippen MR) is 90.7 cm³/mol. The third-order valence-corrected chi connectivity index (χ3v) is 4.57. The molecule has 0 aliphatic carbocycles. The normalized spacial score (nSPS) is 16.5. The van der Waals surface area contributed by atoms with E-state index >= 15 is 0 Å². The van der Waals surface area contributed by atoms with Gasteiger partial charge in [-0.2, -0.15) is 0 Å². The zero-order chi connectivity index (χ0) is 16.3. The van der Waals surface area contributed by atoms with Gasteiger partial charge in [0.2, 0.25) is 5.91 Å². The third kappa shape index (κ3) is 4.09. The highest BCUT2D eigenvalue weighted by atomic mass is 79.9. The number of nitrogens with one attached hydrogen (secondary N) is 1. The molecule has 0 aromatic heterocycles. The van der Waals surface area contributed by atoms with Crippen molar-refractivity contribution in [1.82, 2.24) is 10.2 Å². The molecule has 120 valence electrons. The number of halogens is 1. The molecule has 1 aliphatic heterocycles. The van der Waals surface area contributed by atoms with Crippen molar-refractivity contribution in [2.45, 2.75) is 39.7 Å². The largest absolute Gasteiger partial charge is 0.349 e. The van der Waals surface area contributed by atoms with Gasteiger partial charge in [-0.1, -0.05) is 32.9 Å². The van der Waals surface area contributed by atoms with Crippen LogP contribution in [0.4, 0.5) is 0 Å². The molecule has 0 saturated carbocycles. The summed E-state index contributed by atoms with van der Waals surface area (Å²) in [5, 5.41) is 3.07. The van der Waals surface area contributed by atoms with E-state index in [1.807, 2.05) is 43.9 Å². The summed E-state index contributed by atoms with van der Waals surface area (Å²) in [6.07, 6.45) is 1.61. The molecule has 0 unspecified atom stereocenters. The molecule has 1 saturated heterocycles. The fraction of sp³-hybridized carbons (Fsp3) is 0.529. The Morgan fingerprint density at radius 1 is 1.18 bits per heavy atom. The van der Waals surface area contributed by atoms with E-state index in [0.29, 0.717) is 18.7 Å². The zero-order valence-electron chi connectivity index (χ0n) is 13.4. The van der Waals surface area contributed by atoms with Crippen molar-refractivity contribution >= 4 is 27.7 Å². The molecule has 1 aromatic carbocycles. The summed E-state index contributed by atoms with van der Waals surface area (Å²) in [4.78, 5) is 26.4. The van der Waals surface area contributed by atoms with Gasteiger partial charge >= 0.3 is 0 Å². The summed E-state index contributed by atoms with van der Waals surface area (Å²) < 4.78 is 0.799. The second-order valence-electron chi connectivity index (χ2n) is 6.77. The van der Waals surface area contributed by atoms with Crippen LogP contribution < -0.4 is 5.32 Å². The molecule has 1 heterocycles. The first-order chi connectivity index (χ1) is 10.3. The summed E-state index contributed by atoms with van der Waals surface area (Å²) in [5.41, 5.74) is 0.307. The number of carbonyl (C=O) groups excluding carboxylic acids is 2. The maximum atomic E-state index is 12.3. The van der Waals surface area contributed by atoms with Gasteiger partial charge in [-0.3, -0.25) is 9.59 Å². The van der Waals surface area contributed by atoms with Crippen molar-refractivity contribution < 1.29 is 9.59 Å². The molecule has 2 amide bonds. The van der Waals surface area contributed by atoms with Crippen LogP contribution in [0.5, 0.6) is 0 Å². The predicted octanol–water partition coefficient (Wildman–Crippen LogP) is 3.22. The van der Waals surface area contributed by atoms with Gasteiger partial charge in [0.15, 0.2) is 0 Å². The molecule has 5 heteroatoms. The monoisotopic (exact) mass is 366 g/mol. The Kier molecular flexibility index (Phi) is 5.27. The number of hydrogen-bond acceptors (Lipinski definition) is 2. The van der Waals surface area contributed by atoms with Crippen LogP contribution in [-0.4, -0.2) is 35.8 Å². The van der Waals surface area contributed by atoms with Crippen LogP contribution in [0.2, 0.25) is 0 Å². The summed E-state index contributed by atoms with van der Waals surface area (Å²) in [7, 11) is 0. The van der Waals surface area contributed by atoms with Gasteiger partial charge in [-0.25, -0.2) is 0 Å². The van der Waals surface area contributed by atoms with E-state index in [1.165, 1.54) is 0 Å². The number of hydrogen-bond donors (Lipinski definition) is 1. The Hall–Kier alpha value is -1.36. The van der Waals surface area contributed by atoms with Crippen molar-refractivity contribution in [3.8, 4) is 0 Å². The number of piperidine rings is 1. The highest BCUT2D eigenvalue weighted by molar-refractivity contribution is 9.10. The molecular formula is C17H23BrN2O2. The molecule has 1 aromatic rings. The Balaban J connectivity index is 1.89. The first kappa shape index (κ1) is 17.0. The van der Waals surface area contributed by atoms with E-state index < -0.39 is 0 Å². The molecule has 0 bridgehead atoms. The van der Waals surface area contributed by atoms with Crippen LogP contribution in [0, 0.1) is 5.41 Å². The molecule has 1 fully saturated rings. The van der Waals surface area contributed by atoms with E-state index in [-0.39, 0.29) is 23.3 Å². The number of rotatable bonds is 2. The lowest BCUT2D eigenvalue weighted by Crippen LogP contribution is -2.49. The van der Waals surface area contributed by atoms with Gasteiger partial charge in [0.1, 0.15) is 0 Å². The molecule has 22 heavy (non-hydrogen) atoms. The first-order valence-corrected chi connectivity index (χ1v) is 8.43. The van der Waals surface area contributed by atoms with Crippen molar-refractivity contribution in [2.24, 2.45) is 5.41 Å². The molecule has 4 nitrogen and oxygen atoms in total. The Morgan fingerprint density at radius 2 is 1.77 bits per heavy atom. The summed E-state index contributed by atoms with van der Waals surface area (Å²) in [5.74, 6) is 0.121. The van der Waals surface area contributed by atoms with Crippen molar-refractivity contribution in [3.05, 3.63) is 34.3 Å². The van der Waals surface area contributed by atoms with Crippen molar-refractivity contribution in [1.29, 1.82) is 0 Å². The second kappa shape index (κ2) is 6.82. The van der Waals surface area contributed by atoms with E-state index in [0.717, 1.165) is 17.3 Å². The average Bonchev–Trinajstić information content (AvgIpc) is 2.46. The fourth-order valence-corrected chi connectivity index (χ4v) is 3.07. The molecule has 0 atom stereocenters. The number of nitrogens with zero attached hydrogens (tertiary/aromatic N) is 1. The van der Waals surface area contributed by atoms with Gasteiger partial charge in [0.25, 0.3) is 5.91 Å². The molecule has 1 N–H and O–H groups in total. The van der Waals surface area contributed by atoms with E-state index in [1.54, 1.807) is 6.07 Å². The van der Waals surface area contributed by atoms with Crippen LogP contribution in [0.25, 0.3) is 0 Å². The smallest absolute Gasteiger partial charge is 0.252 e. The van der Waals surface area contributed by atoms with Crippen LogP contribution in [0.3, 0.4) is 0 Å². The van der Waals surface area contributed by atoms with Crippen LogP contribution in [-0.2, 0) is 4.79 Å². The Morgan fingerprint density at radius 3 is 2.32 bits per heavy atom. The lowest BCUT2D eigenvalue weighted by atomic mass is 9.93. The highest BCUT2D eigenvalue weighted by Crippen LogP contribution is 2.21. The molecule has 0 radical (unpaired) electrons. The third-order valence-electron chi connectivity index (χ3n) is 3.88. The average molecular weight is 367 g/mol. The quantitative estimate of drug-likeness (QED) is 0.873. The fourth-order valence-electron chi connectivity index (χ4n) is 2.61. The second-order valence-corrected chi connectivity index (χ2v) is 7.62. The molecule has 1 aliphatic rings. The summed E-state index contributed by atoms with van der Waals surface area (Å²) in [6.45, 7) is 7.23. The maximum Gasteiger partial charge on any atom is 0.252 e. The van der Waals surface area contributed by atoms with Gasteiger partial charge in [-0.15, -0.1) is 0 Å². The van der Waals surface area contributed by atoms with E-state index in [9.17, 15) is 9.59 Å². The lowest BCUT2D eigenvalue weighted by molar-refractivity contribution is -0.140. The molecular weight excluding hydrogens is 344 g/mol. The van der Waals surface area contributed by atoms with Crippen molar-refractivity contribution in [3.63, 3.8) is 0 Å². The molecule has 0 spiro atoms. The number of likely N-dealkylation sites (tertiary alicyclic amines) is 1. The Bertz CT molecular complexity index is 558. The van der Waals surface area contributed by atoms with Crippen LogP contribution >= 0.6 is 15.9 Å². The SMILES string of the molecule is CC(C)(C)C(=O)N1CCC(NC(=O)c2ccccc2Br)CC1. The number of benzene rings is 1. The first-order valence-electron chi connectivity index (χ1n) is 7.64. The lowest BCUT2D eigenvalue weighted by Gasteiger charge is -2.36. The van der Waals surface area contributed by atoms with Crippen LogP contribution in [0.1, 0.15) is 44.0 Å².